The lowest BCUT2D eigenvalue weighted by Gasteiger charge is -2.20. The molecule has 0 amide bonds. The van der Waals surface area contributed by atoms with Crippen LogP contribution in [0.5, 0.6) is 0 Å². The van der Waals surface area contributed by atoms with Crippen LogP contribution < -0.4 is 5.32 Å². The van der Waals surface area contributed by atoms with Gasteiger partial charge in [0.2, 0.25) is 0 Å². The quantitative estimate of drug-likeness (QED) is 0.733. The van der Waals surface area contributed by atoms with Gasteiger partial charge in [-0.1, -0.05) is 51.9 Å². The van der Waals surface area contributed by atoms with Crippen LogP contribution in [-0.4, -0.2) is 22.7 Å². The van der Waals surface area contributed by atoms with Crippen molar-refractivity contribution < 1.29 is 9.50 Å². The lowest BCUT2D eigenvalue weighted by molar-refractivity contribution is 0.209. The number of aliphatic hydroxyl groups excluding tert-OH is 1. The van der Waals surface area contributed by atoms with Crippen molar-refractivity contribution in [1.29, 1.82) is 0 Å². The molecule has 1 heterocycles. The molecule has 0 radical (unpaired) electrons. The molecule has 1 aromatic rings. The molecular formula is C21H31FN2O. The molecule has 0 unspecified atom stereocenters. The minimum atomic E-state index is -0.333. The highest BCUT2D eigenvalue weighted by Gasteiger charge is 2.14. The van der Waals surface area contributed by atoms with Gasteiger partial charge in [0.15, 0.2) is 0 Å². The first-order valence-electron chi connectivity index (χ1n) is 9.58. The van der Waals surface area contributed by atoms with Crippen molar-refractivity contribution in [1.82, 2.24) is 10.3 Å². The Morgan fingerprint density at radius 3 is 2.72 bits per heavy atom. The van der Waals surface area contributed by atoms with E-state index in [1.165, 1.54) is 38.2 Å². The first-order chi connectivity index (χ1) is 12.1. The minimum absolute atomic E-state index is 0.0277. The molecule has 1 aromatic heterocycles. The Bertz CT molecular complexity index is 585. The van der Waals surface area contributed by atoms with Crippen LogP contribution in [0.1, 0.15) is 70.2 Å². The van der Waals surface area contributed by atoms with Gasteiger partial charge in [-0.05, 0) is 36.3 Å². The van der Waals surface area contributed by atoms with Crippen LogP contribution in [0.4, 0.5) is 4.39 Å². The average Bonchev–Trinajstić information content (AvgIpc) is 2.62. The van der Waals surface area contributed by atoms with E-state index >= 15 is 0 Å². The van der Waals surface area contributed by atoms with E-state index in [4.69, 9.17) is 0 Å². The molecule has 3 nitrogen and oxygen atoms in total. The highest BCUT2D eigenvalue weighted by Crippen LogP contribution is 2.26. The number of nitrogens with zero attached hydrogens (tertiary/aromatic N) is 1. The normalized spacial score (nSPS) is 16.5. The average molecular weight is 346 g/mol. The standard InChI is InChI=1S/C21H31FN2O/c1-16(2)21(15-25)23-14-20-19(22)13-12-18(24-20)11-7-6-10-17-8-4-3-5-9-17/h12-13,16-17,21,23,25H,3-6,8-10,14-15H2,1-2H3/t21-/m0/s1. The Morgan fingerprint density at radius 1 is 1.28 bits per heavy atom. The predicted molar refractivity (Wildman–Crippen MR) is 99.4 cm³/mol. The lowest BCUT2D eigenvalue weighted by Crippen LogP contribution is -2.37. The molecule has 0 aromatic carbocycles. The molecule has 1 aliphatic rings. The Balaban J connectivity index is 1.88. The van der Waals surface area contributed by atoms with Crippen LogP contribution in [0, 0.1) is 29.5 Å². The molecule has 2 N–H and O–H groups in total. The molecular weight excluding hydrogens is 315 g/mol. The maximum atomic E-state index is 13.9. The molecule has 1 aliphatic carbocycles. The number of pyridine rings is 1. The van der Waals surface area contributed by atoms with Crippen LogP contribution in [0.15, 0.2) is 12.1 Å². The molecule has 0 spiro atoms. The topological polar surface area (TPSA) is 45.1 Å². The molecule has 1 saturated carbocycles. The zero-order chi connectivity index (χ0) is 18.1. The van der Waals surface area contributed by atoms with Crippen molar-refractivity contribution >= 4 is 0 Å². The molecule has 0 aliphatic heterocycles. The fraction of sp³-hybridized carbons (Fsp3) is 0.667. The minimum Gasteiger partial charge on any atom is -0.395 e. The third-order valence-corrected chi connectivity index (χ3v) is 5.07. The molecule has 4 heteroatoms. The number of aliphatic hydroxyl groups is 1. The van der Waals surface area contributed by atoms with Crippen molar-refractivity contribution in [2.24, 2.45) is 11.8 Å². The molecule has 2 rings (SSSR count). The predicted octanol–water partition coefficient (Wildman–Crippen LogP) is 4.04. The summed E-state index contributed by atoms with van der Waals surface area (Å²) < 4.78 is 13.9. The van der Waals surface area contributed by atoms with Crippen LogP contribution in [0.2, 0.25) is 0 Å². The first kappa shape index (κ1) is 19.9. The number of aromatic nitrogens is 1. The van der Waals surface area contributed by atoms with Gasteiger partial charge < -0.3 is 10.4 Å². The SMILES string of the molecule is CC(C)[C@H](CO)NCc1nc(C#CCCC2CCCCC2)ccc1F. The number of hydrogen-bond donors (Lipinski definition) is 2. The fourth-order valence-electron chi connectivity index (χ4n) is 3.32. The Morgan fingerprint density at radius 2 is 2.04 bits per heavy atom. The number of rotatable bonds is 7. The first-order valence-corrected chi connectivity index (χ1v) is 9.58. The molecule has 1 fully saturated rings. The summed E-state index contributed by atoms with van der Waals surface area (Å²) in [5, 5.41) is 12.5. The summed E-state index contributed by atoms with van der Waals surface area (Å²) in [5.41, 5.74) is 0.977. The fourth-order valence-corrected chi connectivity index (χ4v) is 3.32. The number of halogens is 1. The van der Waals surface area contributed by atoms with Crippen LogP contribution in [0.3, 0.4) is 0 Å². The largest absolute Gasteiger partial charge is 0.395 e. The smallest absolute Gasteiger partial charge is 0.146 e. The second-order valence-corrected chi connectivity index (χ2v) is 7.38. The maximum absolute atomic E-state index is 13.9. The van der Waals surface area contributed by atoms with E-state index in [1.807, 2.05) is 13.8 Å². The van der Waals surface area contributed by atoms with Gasteiger partial charge in [0.05, 0.1) is 12.3 Å². The summed E-state index contributed by atoms with van der Waals surface area (Å²) in [6.45, 7) is 4.37. The Labute approximate surface area is 151 Å². The van der Waals surface area contributed by atoms with Crippen LogP contribution in [0.25, 0.3) is 0 Å². The van der Waals surface area contributed by atoms with Gasteiger partial charge in [0, 0.05) is 19.0 Å². The van der Waals surface area contributed by atoms with E-state index < -0.39 is 0 Å². The van der Waals surface area contributed by atoms with E-state index in [-0.39, 0.29) is 24.4 Å². The van der Waals surface area contributed by atoms with Gasteiger partial charge in [-0.2, -0.15) is 0 Å². The van der Waals surface area contributed by atoms with Crippen LogP contribution >= 0.6 is 0 Å². The Hall–Kier alpha value is -1.44. The van der Waals surface area contributed by atoms with Gasteiger partial charge in [-0.25, -0.2) is 9.37 Å². The highest BCUT2D eigenvalue weighted by atomic mass is 19.1. The zero-order valence-electron chi connectivity index (χ0n) is 15.5. The summed E-state index contributed by atoms with van der Waals surface area (Å²) in [7, 11) is 0. The zero-order valence-corrected chi connectivity index (χ0v) is 15.5. The third-order valence-electron chi connectivity index (χ3n) is 5.07. The summed E-state index contributed by atoms with van der Waals surface area (Å²) in [6, 6.07) is 3.00. The second kappa shape index (κ2) is 10.5. The third kappa shape index (κ3) is 6.76. The van der Waals surface area contributed by atoms with Gasteiger partial charge in [0.25, 0.3) is 0 Å². The monoisotopic (exact) mass is 346 g/mol. The van der Waals surface area contributed by atoms with Gasteiger partial charge >= 0.3 is 0 Å². The molecule has 25 heavy (non-hydrogen) atoms. The van der Waals surface area contributed by atoms with Crippen molar-refractivity contribution in [3.05, 3.63) is 29.3 Å². The van der Waals surface area contributed by atoms with Crippen molar-refractivity contribution in [3.8, 4) is 11.8 Å². The molecule has 1 atom stereocenters. The van der Waals surface area contributed by atoms with Crippen LogP contribution in [-0.2, 0) is 6.54 Å². The summed E-state index contributed by atoms with van der Waals surface area (Å²) in [4.78, 5) is 4.33. The lowest BCUT2D eigenvalue weighted by atomic mass is 9.86. The summed E-state index contributed by atoms with van der Waals surface area (Å²) in [5.74, 6) is 7.04. The van der Waals surface area contributed by atoms with E-state index in [0.717, 1.165) is 18.8 Å². The van der Waals surface area contributed by atoms with E-state index in [0.29, 0.717) is 17.9 Å². The highest BCUT2D eigenvalue weighted by molar-refractivity contribution is 5.29. The van der Waals surface area contributed by atoms with Crippen molar-refractivity contribution in [2.75, 3.05) is 6.61 Å². The molecule has 0 bridgehead atoms. The summed E-state index contributed by atoms with van der Waals surface area (Å²) >= 11 is 0. The number of hydrogen-bond acceptors (Lipinski definition) is 3. The Kier molecular flexibility index (Phi) is 8.37. The van der Waals surface area contributed by atoms with Crippen molar-refractivity contribution in [3.63, 3.8) is 0 Å². The van der Waals surface area contributed by atoms with Gasteiger partial charge in [-0.3, -0.25) is 0 Å². The second-order valence-electron chi connectivity index (χ2n) is 7.38. The van der Waals surface area contributed by atoms with Gasteiger partial charge in [-0.15, -0.1) is 0 Å². The number of nitrogens with one attached hydrogen (secondary N) is 1. The summed E-state index contributed by atoms with van der Waals surface area (Å²) in [6.07, 6.45) is 8.83. The maximum Gasteiger partial charge on any atom is 0.146 e. The van der Waals surface area contributed by atoms with E-state index in [2.05, 4.69) is 22.1 Å². The van der Waals surface area contributed by atoms with Crippen molar-refractivity contribution in [2.45, 2.75) is 71.4 Å². The van der Waals surface area contributed by atoms with E-state index in [9.17, 15) is 9.50 Å². The van der Waals surface area contributed by atoms with E-state index in [1.54, 1.807) is 6.07 Å². The molecule has 0 saturated heterocycles. The van der Waals surface area contributed by atoms with Gasteiger partial charge in [0.1, 0.15) is 11.5 Å². The molecule has 138 valence electrons.